The number of nitrogens with one attached hydrogen (secondary N) is 1. The summed E-state index contributed by atoms with van der Waals surface area (Å²) in [6, 6.07) is 0.0995. The minimum absolute atomic E-state index is 0.0487. The van der Waals surface area contributed by atoms with Crippen molar-refractivity contribution in [3.05, 3.63) is 0 Å². The molecule has 0 aromatic heterocycles. The number of hydrogen-bond donors (Lipinski definition) is 1. The molecule has 0 bridgehead atoms. The molecule has 90 valence electrons. The summed E-state index contributed by atoms with van der Waals surface area (Å²) in [6.07, 6.45) is 1.49. The number of hydrogen-bond acceptors (Lipinski definition) is 3. The zero-order chi connectivity index (χ0) is 12.1. The van der Waals surface area contributed by atoms with Crippen molar-refractivity contribution >= 4 is 17.6 Å². The number of likely N-dealkylation sites (tertiary alicyclic amines) is 1. The highest BCUT2D eigenvalue weighted by Crippen LogP contribution is 2.10. The first-order valence-electron chi connectivity index (χ1n) is 5.53. The van der Waals surface area contributed by atoms with Crippen LogP contribution in [-0.2, 0) is 14.4 Å². The molecule has 0 atom stereocenters. The fourth-order valence-electron chi connectivity index (χ4n) is 1.84. The minimum Gasteiger partial charge on any atom is -0.353 e. The maximum atomic E-state index is 11.3. The van der Waals surface area contributed by atoms with Crippen molar-refractivity contribution in [3.8, 4) is 0 Å². The van der Waals surface area contributed by atoms with Crippen LogP contribution in [0.5, 0.6) is 0 Å². The Labute approximate surface area is 95.2 Å². The van der Waals surface area contributed by atoms with E-state index in [-0.39, 0.29) is 30.1 Å². The molecule has 2 amide bonds. The molecule has 5 heteroatoms. The Balaban J connectivity index is 2.29. The standard InChI is InChI=1S/C11H18N2O3/c1-8(14)7-11(16)12-10-3-5-13(6-4-10)9(2)15/h10H,3-7H2,1-2H3,(H,12,16). The van der Waals surface area contributed by atoms with Crippen LogP contribution in [0.4, 0.5) is 0 Å². The lowest BCUT2D eigenvalue weighted by Crippen LogP contribution is -2.46. The van der Waals surface area contributed by atoms with Gasteiger partial charge in [-0.1, -0.05) is 0 Å². The number of carbonyl (C=O) groups is 3. The van der Waals surface area contributed by atoms with Gasteiger partial charge in [-0.05, 0) is 19.8 Å². The minimum atomic E-state index is -0.214. The first-order valence-corrected chi connectivity index (χ1v) is 5.53. The van der Waals surface area contributed by atoms with Crippen LogP contribution in [0, 0.1) is 0 Å². The van der Waals surface area contributed by atoms with E-state index < -0.39 is 0 Å². The topological polar surface area (TPSA) is 66.5 Å². The molecule has 16 heavy (non-hydrogen) atoms. The molecule has 0 radical (unpaired) electrons. The van der Waals surface area contributed by atoms with E-state index in [1.165, 1.54) is 6.92 Å². The Morgan fingerprint density at radius 2 is 1.75 bits per heavy atom. The fraction of sp³-hybridized carbons (Fsp3) is 0.727. The molecule has 1 fully saturated rings. The molecule has 5 nitrogen and oxygen atoms in total. The highest BCUT2D eigenvalue weighted by molar-refractivity contribution is 5.96. The molecule has 0 spiro atoms. The summed E-state index contributed by atoms with van der Waals surface area (Å²) in [5.41, 5.74) is 0. The van der Waals surface area contributed by atoms with Gasteiger partial charge in [-0.25, -0.2) is 0 Å². The summed E-state index contributed by atoms with van der Waals surface area (Å²) in [5.74, 6) is -0.263. The SMILES string of the molecule is CC(=O)CC(=O)NC1CCN(C(C)=O)CC1. The number of rotatable bonds is 3. The Bertz CT molecular complexity index is 294. The van der Waals surface area contributed by atoms with Crippen molar-refractivity contribution in [1.82, 2.24) is 10.2 Å². The zero-order valence-electron chi connectivity index (χ0n) is 9.78. The Morgan fingerprint density at radius 1 is 1.19 bits per heavy atom. The summed E-state index contributed by atoms with van der Waals surface area (Å²) in [5, 5.41) is 2.81. The van der Waals surface area contributed by atoms with Crippen LogP contribution in [0.1, 0.15) is 33.1 Å². The van der Waals surface area contributed by atoms with E-state index in [0.29, 0.717) is 13.1 Å². The van der Waals surface area contributed by atoms with Crippen molar-refractivity contribution in [2.75, 3.05) is 13.1 Å². The monoisotopic (exact) mass is 226 g/mol. The zero-order valence-corrected chi connectivity index (χ0v) is 9.78. The van der Waals surface area contributed by atoms with Crippen LogP contribution in [0.2, 0.25) is 0 Å². The molecule has 1 rings (SSSR count). The molecule has 0 aromatic carbocycles. The number of piperidine rings is 1. The largest absolute Gasteiger partial charge is 0.353 e. The number of Topliss-reactive ketones (excluding diaryl/α,β-unsaturated/α-hetero) is 1. The molecule has 0 aliphatic carbocycles. The van der Waals surface area contributed by atoms with Gasteiger partial charge in [-0.3, -0.25) is 14.4 Å². The average molecular weight is 226 g/mol. The number of ketones is 1. The predicted octanol–water partition coefficient (Wildman–Crippen LogP) is 0.0926. The normalized spacial score (nSPS) is 17.0. The second kappa shape index (κ2) is 5.63. The van der Waals surface area contributed by atoms with Crippen LogP contribution in [0.25, 0.3) is 0 Å². The van der Waals surface area contributed by atoms with Crippen LogP contribution in [0.3, 0.4) is 0 Å². The summed E-state index contributed by atoms with van der Waals surface area (Å²) >= 11 is 0. The van der Waals surface area contributed by atoms with Gasteiger partial charge < -0.3 is 10.2 Å². The number of carbonyl (C=O) groups excluding carboxylic acids is 3. The highest BCUT2D eigenvalue weighted by Gasteiger charge is 2.21. The van der Waals surface area contributed by atoms with Crippen molar-refractivity contribution in [3.63, 3.8) is 0 Å². The molecular weight excluding hydrogens is 208 g/mol. The Kier molecular flexibility index (Phi) is 4.46. The summed E-state index contributed by atoms with van der Waals surface area (Å²) in [6.45, 7) is 4.31. The molecule has 1 aliphatic heterocycles. The summed E-state index contributed by atoms with van der Waals surface area (Å²) in [4.78, 5) is 34.9. The summed E-state index contributed by atoms with van der Waals surface area (Å²) < 4.78 is 0. The van der Waals surface area contributed by atoms with Crippen molar-refractivity contribution in [2.24, 2.45) is 0 Å². The third-order valence-electron chi connectivity index (χ3n) is 2.71. The van der Waals surface area contributed by atoms with Gasteiger partial charge in [0.05, 0.1) is 6.42 Å². The lowest BCUT2D eigenvalue weighted by Gasteiger charge is -2.31. The van der Waals surface area contributed by atoms with Crippen LogP contribution >= 0.6 is 0 Å². The van der Waals surface area contributed by atoms with Crippen LogP contribution in [-0.4, -0.2) is 41.6 Å². The van der Waals surface area contributed by atoms with Gasteiger partial charge in [0.1, 0.15) is 5.78 Å². The smallest absolute Gasteiger partial charge is 0.227 e. The van der Waals surface area contributed by atoms with E-state index in [2.05, 4.69) is 5.32 Å². The second-order valence-electron chi connectivity index (χ2n) is 4.23. The summed E-state index contributed by atoms with van der Waals surface area (Å²) in [7, 11) is 0. The number of amides is 2. The second-order valence-corrected chi connectivity index (χ2v) is 4.23. The Hall–Kier alpha value is -1.39. The van der Waals surface area contributed by atoms with Gasteiger partial charge in [-0.2, -0.15) is 0 Å². The van der Waals surface area contributed by atoms with Gasteiger partial charge in [0.2, 0.25) is 11.8 Å². The Morgan fingerprint density at radius 3 is 2.19 bits per heavy atom. The van der Waals surface area contributed by atoms with E-state index in [0.717, 1.165) is 12.8 Å². The van der Waals surface area contributed by atoms with Gasteiger partial charge in [0.25, 0.3) is 0 Å². The lowest BCUT2D eigenvalue weighted by molar-refractivity contribution is -0.130. The first kappa shape index (κ1) is 12.7. The van der Waals surface area contributed by atoms with Crippen LogP contribution < -0.4 is 5.32 Å². The maximum absolute atomic E-state index is 11.3. The van der Waals surface area contributed by atoms with Crippen molar-refractivity contribution in [2.45, 2.75) is 39.2 Å². The van der Waals surface area contributed by atoms with Gasteiger partial charge in [0, 0.05) is 26.1 Å². The van der Waals surface area contributed by atoms with E-state index in [1.807, 2.05) is 0 Å². The molecule has 1 aliphatic rings. The number of nitrogens with zero attached hydrogens (tertiary/aromatic N) is 1. The third kappa shape index (κ3) is 4.00. The lowest BCUT2D eigenvalue weighted by atomic mass is 10.0. The van der Waals surface area contributed by atoms with Crippen molar-refractivity contribution < 1.29 is 14.4 Å². The van der Waals surface area contributed by atoms with E-state index in [1.54, 1.807) is 11.8 Å². The highest BCUT2D eigenvalue weighted by atomic mass is 16.2. The molecule has 0 aromatic rings. The van der Waals surface area contributed by atoms with E-state index in [4.69, 9.17) is 0 Å². The van der Waals surface area contributed by atoms with Gasteiger partial charge in [0.15, 0.2) is 0 Å². The van der Waals surface area contributed by atoms with Crippen molar-refractivity contribution in [1.29, 1.82) is 0 Å². The average Bonchev–Trinajstić information content (AvgIpc) is 2.16. The van der Waals surface area contributed by atoms with Gasteiger partial charge >= 0.3 is 0 Å². The molecule has 1 saturated heterocycles. The third-order valence-corrected chi connectivity index (χ3v) is 2.71. The van der Waals surface area contributed by atoms with E-state index >= 15 is 0 Å². The quantitative estimate of drug-likeness (QED) is 0.694. The molecule has 1 N–H and O–H groups in total. The molecule has 0 saturated carbocycles. The first-order chi connectivity index (χ1) is 7.49. The fourth-order valence-corrected chi connectivity index (χ4v) is 1.84. The predicted molar refractivity (Wildman–Crippen MR) is 58.7 cm³/mol. The van der Waals surface area contributed by atoms with Gasteiger partial charge in [-0.15, -0.1) is 0 Å². The molecule has 1 heterocycles. The van der Waals surface area contributed by atoms with E-state index in [9.17, 15) is 14.4 Å². The maximum Gasteiger partial charge on any atom is 0.227 e. The molecular formula is C11H18N2O3. The molecule has 0 unspecified atom stereocenters. The van der Waals surface area contributed by atoms with Crippen LogP contribution in [0.15, 0.2) is 0 Å².